The van der Waals surface area contributed by atoms with Gasteiger partial charge < -0.3 is 14.8 Å². The van der Waals surface area contributed by atoms with Crippen molar-refractivity contribution in [2.45, 2.75) is 45.3 Å². The summed E-state index contributed by atoms with van der Waals surface area (Å²) in [5, 5.41) is 12.8. The monoisotopic (exact) mass is 289 g/mol. The predicted octanol–water partition coefficient (Wildman–Crippen LogP) is 3.24. The van der Waals surface area contributed by atoms with Gasteiger partial charge in [-0.25, -0.2) is 0 Å². The van der Waals surface area contributed by atoms with Gasteiger partial charge >= 0.3 is 0 Å². The Bertz CT molecular complexity index is 301. The van der Waals surface area contributed by atoms with E-state index in [0.717, 1.165) is 36.0 Å². The van der Waals surface area contributed by atoms with Crippen LogP contribution in [0.15, 0.2) is 21.2 Å². The van der Waals surface area contributed by atoms with Gasteiger partial charge in [-0.3, -0.25) is 0 Å². The molecule has 0 saturated carbocycles. The molecule has 1 aromatic rings. The van der Waals surface area contributed by atoms with Gasteiger partial charge in [0.25, 0.3) is 0 Å². The van der Waals surface area contributed by atoms with Gasteiger partial charge in [-0.1, -0.05) is 6.92 Å². The highest BCUT2D eigenvalue weighted by Crippen LogP contribution is 2.23. The lowest BCUT2D eigenvalue weighted by atomic mass is 10.1. The van der Waals surface area contributed by atoms with E-state index in [1.807, 2.05) is 13.0 Å². The summed E-state index contributed by atoms with van der Waals surface area (Å²) in [4.78, 5) is 0. The van der Waals surface area contributed by atoms with E-state index in [9.17, 15) is 5.11 Å². The fourth-order valence-electron chi connectivity index (χ4n) is 1.57. The molecule has 2 atom stereocenters. The third-order valence-electron chi connectivity index (χ3n) is 2.67. The van der Waals surface area contributed by atoms with Crippen molar-refractivity contribution < 1.29 is 9.52 Å². The van der Waals surface area contributed by atoms with Crippen molar-refractivity contribution in [3.05, 3.63) is 22.6 Å². The van der Waals surface area contributed by atoms with Crippen LogP contribution in [0.5, 0.6) is 0 Å². The Labute approximate surface area is 105 Å². The Balaban J connectivity index is 2.21. The molecule has 0 aliphatic rings. The molecule has 0 bridgehead atoms. The molecule has 92 valence electrons. The second-order valence-corrected chi connectivity index (χ2v) is 4.87. The van der Waals surface area contributed by atoms with E-state index < -0.39 is 0 Å². The van der Waals surface area contributed by atoms with Gasteiger partial charge in [0, 0.05) is 0 Å². The summed E-state index contributed by atoms with van der Waals surface area (Å²) in [7, 11) is 0. The zero-order chi connectivity index (χ0) is 12.0. The molecule has 4 heteroatoms. The smallest absolute Gasteiger partial charge is 0.134 e. The number of rotatable bonds is 7. The molecule has 0 aliphatic heterocycles. The lowest BCUT2D eigenvalue weighted by Crippen LogP contribution is -2.21. The van der Waals surface area contributed by atoms with Crippen LogP contribution >= 0.6 is 15.9 Å². The Kier molecular flexibility index (Phi) is 6.09. The maximum absolute atomic E-state index is 9.40. The van der Waals surface area contributed by atoms with E-state index in [2.05, 4.69) is 28.2 Å². The topological polar surface area (TPSA) is 45.4 Å². The molecule has 0 fully saturated rings. The van der Waals surface area contributed by atoms with Crippen LogP contribution < -0.4 is 5.32 Å². The first-order valence-corrected chi connectivity index (χ1v) is 6.58. The first kappa shape index (κ1) is 13.7. The molecule has 16 heavy (non-hydrogen) atoms. The van der Waals surface area contributed by atoms with Gasteiger partial charge in [-0.2, -0.15) is 0 Å². The summed E-state index contributed by atoms with van der Waals surface area (Å²) in [5.74, 6) is 0.927. The molecule has 0 aromatic carbocycles. The van der Waals surface area contributed by atoms with E-state index in [0.29, 0.717) is 0 Å². The second-order valence-electron chi connectivity index (χ2n) is 4.01. The summed E-state index contributed by atoms with van der Waals surface area (Å²) >= 11 is 3.44. The summed E-state index contributed by atoms with van der Waals surface area (Å²) in [6.07, 6.45) is 4.19. The lowest BCUT2D eigenvalue weighted by Gasteiger charge is -2.13. The standard InChI is InChI=1S/C12H20BrNO2/c1-3-10(15)5-4-7-14-9(2)12-11(13)6-8-16-12/h6,8-10,14-15H,3-5,7H2,1-2H3. The summed E-state index contributed by atoms with van der Waals surface area (Å²) in [5.41, 5.74) is 0. The molecule has 1 rings (SSSR count). The van der Waals surface area contributed by atoms with E-state index >= 15 is 0 Å². The lowest BCUT2D eigenvalue weighted by molar-refractivity contribution is 0.157. The van der Waals surface area contributed by atoms with Crippen molar-refractivity contribution in [2.75, 3.05) is 6.54 Å². The molecule has 3 nitrogen and oxygen atoms in total. The van der Waals surface area contributed by atoms with Crippen LogP contribution in [-0.2, 0) is 0 Å². The molecular formula is C12H20BrNO2. The van der Waals surface area contributed by atoms with E-state index in [-0.39, 0.29) is 12.1 Å². The van der Waals surface area contributed by atoms with Crippen LogP contribution in [0.2, 0.25) is 0 Å². The molecule has 0 saturated heterocycles. The van der Waals surface area contributed by atoms with Crippen LogP contribution in [0, 0.1) is 0 Å². The third kappa shape index (κ3) is 4.28. The highest BCUT2D eigenvalue weighted by molar-refractivity contribution is 9.10. The number of nitrogens with one attached hydrogen (secondary N) is 1. The highest BCUT2D eigenvalue weighted by atomic mass is 79.9. The van der Waals surface area contributed by atoms with Crippen LogP contribution in [0.3, 0.4) is 0 Å². The normalized spacial score (nSPS) is 15.0. The SMILES string of the molecule is CCC(O)CCCNC(C)c1occc1Br. The van der Waals surface area contributed by atoms with E-state index in [1.165, 1.54) is 0 Å². The first-order valence-electron chi connectivity index (χ1n) is 5.79. The fourth-order valence-corrected chi connectivity index (χ4v) is 2.11. The number of furan rings is 1. The molecule has 1 aromatic heterocycles. The van der Waals surface area contributed by atoms with Gasteiger partial charge in [0.15, 0.2) is 0 Å². The minimum Gasteiger partial charge on any atom is -0.466 e. The summed E-state index contributed by atoms with van der Waals surface area (Å²) in [6, 6.07) is 2.09. The maximum Gasteiger partial charge on any atom is 0.134 e. The van der Waals surface area contributed by atoms with E-state index in [1.54, 1.807) is 6.26 Å². The average Bonchev–Trinajstić information content (AvgIpc) is 2.70. The average molecular weight is 290 g/mol. The summed E-state index contributed by atoms with van der Waals surface area (Å²) in [6.45, 7) is 4.96. The Morgan fingerprint density at radius 3 is 2.88 bits per heavy atom. The van der Waals surface area contributed by atoms with Crippen LogP contribution in [0.25, 0.3) is 0 Å². The van der Waals surface area contributed by atoms with Gasteiger partial charge in [0.2, 0.25) is 0 Å². The maximum atomic E-state index is 9.40. The molecule has 2 unspecified atom stereocenters. The third-order valence-corrected chi connectivity index (χ3v) is 3.33. The molecule has 0 aliphatic carbocycles. The predicted molar refractivity (Wildman–Crippen MR) is 68.4 cm³/mol. The molecule has 1 heterocycles. The zero-order valence-electron chi connectivity index (χ0n) is 9.87. The minimum absolute atomic E-state index is 0.160. The quantitative estimate of drug-likeness (QED) is 0.758. The van der Waals surface area contributed by atoms with Gasteiger partial charge in [-0.05, 0) is 54.7 Å². The van der Waals surface area contributed by atoms with Gasteiger partial charge in [-0.15, -0.1) is 0 Å². The molecular weight excluding hydrogens is 270 g/mol. The van der Waals surface area contributed by atoms with Crippen LogP contribution in [0.1, 0.15) is 44.9 Å². The Morgan fingerprint density at radius 1 is 1.56 bits per heavy atom. The fraction of sp³-hybridized carbons (Fsp3) is 0.667. The van der Waals surface area contributed by atoms with E-state index in [4.69, 9.17) is 4.42 Å². The Hall–Kier alpha value is -0.320. The number of aliphatic hydroxyl groups excluding tert-OH is 1. The molecule has 2 N–H and O–H groups in total. The van der Waals surface area contributed by atoms with Crippen molar-refractivity contribution >= 4 is 15.9 Å². The highest BCUT2D eigenvalue weighted by Gasteiger charge is 2.11. The Morgan fingerprint density at radius 2 is 2.31 bits per heavy atom. The number of halogens is 1. The summed E-state index contributed by atoms with van der Waals surface area (Å²) < 4.78 is 6.37. The largest absolute Gasteiger partial charge is 0.466 e. The van der Waals surface area contributed by atoms with Crippen molar-refractivity contribution in [1.82, 2.24) is 5.32 Å². The molecule has 0 spiro atoms. The van der Waals surface area contributed by atoms with Crippen LogP contribution in [-0.4, -0.2) is 17.8 Å². The van der Waals surface area contributed by atoms with Gasteiger partial charge in [0.05, 0.1) is 22.9 Å². The molecule has 0 amide bonds. The second kappa shape index (κ2) is 7.09. The molecule has 0 radical (unpaired) electrons. The van der Waals surface area contributed by atoms with Gasteiger partial charge in [0.1, 0.15) is 5.76 Å². The van der Waals surface area contributed by atoms with Crippen molar-refractivity contribution in [1.29, 1.82) is 0 Å². The van der Waals surface area contributed by atoms with Crippen molar-refractivity contribution in [3.63, 3.8) is 0 Å². The van der Waals surface area contributed by atoms with Crippen LogP contribution in [0.4, 0.5) is 0 Å². The van der Waals surface area contributed by atoms with Crippen molar-refractivity contribution in [2.24, 2.45) is 0 Å². The minimum atomic E-state index is -0.160. The number of aliphatic hydroxyl groups is 1. The number of hydrogen-bond acceptors (Lipinski definition) is 3. The number of hydrogen-bond donors (Lipinski definition) is 2. The first-order chi connectivity index (χ1) is 7.65. The zero-order valence-corrected chi connectivity index (χ0v) is 11.5. The van der Waals surface area contributed by atoms with Crippen molar-refractivity contribution in [3.8, 4) is 0 Å².